The molecule has 0 saturated heterocycles. The van der Waals surface area contributed by atoms with Gasteiger partial charge >= 0.3 is 0 Å². The lowest BCUT2D eigenvalue weighted by atomic mass is 10.1. The van der Waals surface area contributed by atoms with E-state index < -0.39 is 0 Å². The molecule has 1 amide bonds. The second-order valence-electron chi connectivity index (χ2n) is 7.37. The average molecular weight is 383 g/mol. The summed E-state index contributed by atoms with van der Waals surface area (Å²) in [4.78, 5) is 17.7. The molecule has 4 rings (SSSR count). The monoisotopic (exact) mass is 383 g/mol. The number of anilines is 1. The molecule has 3 aromatic heterocycles. The Hall–Kier alpha value is -2.74. The Kier molecular flexibility index (Phi) is 5.13. The molecule has 1 aliphatic carbocycles. The van der Waals surface area contributed by atoms with E-state index in [9.17, 15) is 4.79 Å². The fourth-order valence-corrected chi connectivity index (χ4v) is 3.36. The van der Waals surface area contributed by atoms with Crippen molar-refractivity contribution in [2.45, 2.75) is 51.5 Å². The fraction of sp³-hybridized carbons (Fsp3) is 0.500. The van der Waals surface area contributed by atoms with Gasteiger partial charge in [-0.1, -0.05) is 18.5 Å². The van der Waals surface area contributed by atoms with Gasteiger partial charge in [0.25, 0.3) is 11.6 Å². The number of nitrogens with one attached hydrogen (secondary N) is 1. The molecule has 0 radical (unpaired) electrons. The molecular weight excluding hydrogens is 358 g/mol. The zero-order valence-corrected chi connectivity index (χ0v) is 16.4. The molecule has 1 saturated carbocycles. The Labute approximate surface area is 163 Å². The third kappa shape index (κ3) is 3.64. The number of pyridine rings is 1. The van der Waals surface area contributed by atoms with Crippen molar-refractivity contribution in [2.75, 3.05) is 19.0 Å². The number of methoxy groups -OCH3 is 1. The number of rotatable bonds is 8. The number of hydrogen-bond acceptors (Lipinski definition) is 6. The van der Waals surface area contributed by atoms with E-state index in [0.29, 0.717) is 35.0 Å². The van der Waals surface area contributed by atoms with Crippen LogP contribution in [0.5, 0.6) is 0 Å². The van der Waals surface area contributed by atoms with Gasteiger partial charge in [0.1, 0.15) is 0 Å². The minimum Gasteiger partial charge on any atom is -0.382 e. The maximum Gasteiger partial charge on any atom is 0.259 e. The maximum absolute atomic E-state index is 13.1. The van der Waals surface area contributed by atoms with E-state index >= 15 is 0 Å². The first kappa shape index (κ1) is 18.6. The summed E-state index contributed by atoms with van der Waals surface area (Å²) in [7, 11) is 1.65. The van der Waals surface area contributed by atoms with Crippen molar-refractivity contribution >= 4 is 22.8 Å². The summed E-state index contributed by atoms with van der Waals surface area (Å²) in [5, 5.41) is 12.2. The molecular formula is C20H25N5O3. The summed E-state index contributed by atoms with van der Waals surface area (Å²) >= 11 is 0. The number of nitrogens with zero attached hydrogens (tertiary/aromatic N) is 4. The number of hydrogen-bond donors (Lipinski definition) is 1. The first-order valence-electron chi connectivity index (χ1n) is 9.75. The van der Waals surface area contributed by atoms with Crippen molar-refractivity contribution in [1.82, 2.24) is 19.9 Å². The van der Waals surface area contributed by atoms with Crippen molar-refractivity contribution in [3.63, 3.8) is 0 Å². The molecule has 1 unspecified atom stereocenters. The van der Waals surface area contributed by atoms with Gasteiger partial charge in [0.2, 0.25) is 0 Å². The molecule has 0 bridgehead atoms. The minimum atomic E-state index is -0.223. The summed E-state index contributed by atoms with van der Waals surface area (Å²) in [6.45, 7) is 4.62. The first-order chi connectivity index (χ1) is 13.6. The quantitative estimate of drug-likeness (QED) is 0.637. The Morgan fingerprint density at radius 2 is 2.29 bits per heavy atom. The van der Waals surface area contributed by atoms with Crippen molar-refractivity contribution in [3.05, 3.63) is 35.3 Å². The third-order valence-electron chi connectivity index (χ3n) is 4.97. The lowest BCUT2D eigenvalue weighted by Crippen LogP contribution is -2.16. The molecule has 1 atom stereocenters. The molecule has 1 aliphatic rings. The van der Waals surface area contributed by atoms with Crippen LogP contribution in [0.1, 0.15) is 66.8 Å². The van der Waals surface area contributed by atoms with Crippen molar-refractivity contribution < 1.29 is 14.1 Å². The molecule has 0 spiro atoms. The van der Waals surface area contributed by atoms with Crippen LogP contribution in [-0.4, -0.2) is 39.5 Å². The highest BCUT2D eigenvalue weighted by atomic mass is 16.5. The van der Waals surface area contributed by atoms with E-state index in [-0.39, 0.29) is 11.9 Å². The van der Waals surface area contributed by atoms with E-state index in [0.717, 1.165) is 37.1 Å². The van der Waals surface area contributed by atoms with Gasteiger partial charge in [-0.15, -0.1) is 0 Å². The summed E-state index contributed by atoms with van der Waals surface area (Å²) in [6, 6.07) is 3.75. The van der Waals surface area contributed by atoms with Crippen molar-refractivity contribution in [1.29, 1.82) is 0 Å². The van der Waals surface area contributed by atoms with Crippen LogP contribution >= 0.6 is 0 Å². The molecule has 3 heterocycles. The van der Waals surface area contributed by atoms with E-state index in [1.165, 1.54) is 0 Å². The Balaban J connectivity index is 1.65. The molecule has 148 valence electrons. The number of carbonyl (C=O) groups is 1. The molecule has 0 aliphatic heterocycles. The Morgan fingerprint density at radius 1 is 1.46 bits per heavy atom. The largest absolute Gasteiger partial charge is 0.382 e. The predicted octanol–water partition coefficient (Wildman–Crippen LogP) is 3.71. The van der Waals surface area contributed by atoms with Crippen molar-refractivity contribution in [3.8, 4) is 0 Å². The van der Waals surface area contributed by atoms with E-state index in [2.05, 4.69) is 27.5 Å². The van der Waals surface area contributed by atoms with E-state index in [4.69, 9.17) is 9.26 Å². The summed E-state index contributed by atoms with van der Waals surface area (Å²) in [6.07, 6.45) is 5.67. The molecule has 1 N–H and O–H groups in total. The molecule has 3 aromatic rings. The highest BCUT2D eigenvalue weighted by Gasteiger charge is 2.29. The Bertz CT molecular complexity index is 989. The zero-order valence-electron chi connectivity index (χ0n) is 16.4. The predicted molar refractivity (Wildman–Crippen MR) is 105 cm³/mol. The van der Waals surface area contributed by atoms with Crippen LogP contribution in [0.25, 0.3) is 11.1 Å². The first-order valence-corrected chi connectivity index (χ1v) is 9.75. The van der Waals surface area contributed by atoms with Gasteiger partial charge < -0.3 is 14.6 Å². The van der Waals surface area contributed by atoms with Crippen LogP contribution in [0, 0.1) is 0 Å². The van der Waals surface area contributed by atoms with E-state index in [1.54, 1.807) is 17.9 Å². The summed E-state index contributed by atoms with van der Waals surface area (Å²) < 4.78 is 12.4. The summed E-state index contributed by atoms with van der Waals surface area (Å²) in [5.74, 6) is 0.684. The average Bonchev–Trinajstić information content (AvgIpc) is 3.31. The van der Waals surface area contributed by atoms with Gasteiger partial charge in [0.15, 0.2) is 5.82 Å². The van der Waals surface area contributed by atoms with Crippen LogP contribution in [0.15, 0.2) is 22.9 Å². The highest BCUT2D eigenvalue weighted by molar-refractivity contribution is 6.12. The van der Waals surface area contributed by atoms with Crippen LogP contribution in [0.2, 0.25) is 0 Å². The molecule has 1 fully saturated rings. The minimum absolute atomic E-state index is 0.0824. The lowest BCUT2D eigenvalue weighted by molar-refractivity contribution is 0.102. The lowest BCUT2D eigenvalue weighted by Gasteiger charge is -2.10. The topological polar surface area (TPSA) is 95.1 Å². The molecule has 8 nitrogen and oxygen atoms in total. The maximum atomic E-state index is 13.1. The van der Waals surface area contributed by atoms with Gasteiger partial charge in [0.05, 0.1) is 29.3 Å². The normalized spacial score (nSPS) is 15.1. The van der Waals surface area contributed by atoms with Crippen LogP contribution in [-0.2, 0) is 11.2 Å². The van der Waals surface area contributed by atoms with Gasteiger partial charge in [0, 0.05) is 31.0 Å². The van der Waals surface area contributed by atoms with Crippen molar-refractivity contribution in [2.24, 2.45) is 0 Å². The van der Waals surface area contributed by atoms with Gasteiger partial charge in [-0.2, -0.15) is 5.10 Å². The van der Waals surface area contributed by atoms with Gasteiger partial charge in [-0.25, -0.2) is 4.98 Å². The number of fused-ring (bicyclic) bond motifs is 1. The van der Waals surface area contributed by atoms with Gasteiger partial charge in [-0.05, 0) is 32.3 Å². The standard InChI is InChI=1S/C20H25N5O3/c1-4-5-15-18-14(10-16(13-6-7-13)21-20(18)28-24-15)19(26)22-17-8-9-25(23-17)12(2)11-27-3/h8-10,12-13H,4-7,11H2,1-3H3,(H,22,23,26). The number of ether oxygens (including phenoxy) is 1. The van der Waals surface area contributed by atoms with Crippen LogP contribution < -0.4 is 5.32 Å². The van der Waals surface area contributed by atoms with Crippen LogP contribution in [0.4, 0.5) is 5.82 Å². The van der Waals surface area contributed by atoms with E-state index in [1.807, 2.05) is 19.2 Å². The number of carbonyl (C=O) groups excluding carboxylic acids is 1. The molecule has 28 heavy (non-hydrogen) atoms. The second-order valence-corrected chi connectivity index (χ2v) is 7.37. The summed E-state index contributed by atoms with van der Waals surface area (Å²) in [5.41, 5.74) is 2.67. The third-order valence-corrected chi connectivity index (χ3v) is 4.97. The number of amides is 1. The molecule has 8 heteroatoms. The smallest absolute Gasteiger partial charge is 0.259 e. The fourth-order valence-electron chi connectivity index (χ4n) is 3.36. The Morgan fingerprint density at radius 3 is 3.00 bits per heavy atom. The number of aryl methyl sites for hydroxylation is 1. The van der Waals surface area contributed by atoms with Crippen LogP contribution in [0.3, 0.4) is 0 Å². The SMILES string of the molecule is CCCc1noc2nc(C3CC3)cc(C(=O)Nc3ccn(C(C)COC)n3)c12. The molecule has 0 aromatic carbocycles. The second kappa shape index (κ2) is 7.71. The highest BCUT2D eigenvalue weighted by Crippen LogP contribution is 2.40. The zero-order chi connectivity index (χ0) is 19.7. The van der Waals surface area contributed by atoms with Gasteiger partial charge in [-0.3, -0.25) is 9.48 Å². The number of aromatic nitrogens is 4.